The van der Waals surface area contributed by atoms with Crippen LogP contribution < -0.4 is 5.73 Å². The van der Waals surface area contributed by atoms with Gasteiger partial charge in [-0.15, -0.1) is 0 Å². The third-order valence-corrected chi connectivity index (χ3v) is 10.7. The van der Waals surface area contributed by atoms with Gasteiger partial charge in [-0.3, -0.25) is 24.1 Å². The van der Waals surface area contributed by atoms with Crippen molar-refractivity contribution in [1.29, 1.82) is 0 Å². The minimum absolute atomic E-state index is 0.0806. The fourth-order valence-corrected chi connectivity index (χ4v) is 8.62. The number of allylic oxidation sites excluding steroid dienone is 1. The highest BCUT2D eigenvalue weighted by atomic mass is 16.4. The van der Waals surface area contributed by atoms with Crippen LogP contribution in [0, 0.1) is 10.8 Å². The maximum Gasteiger partial charge on any atom is 0.255 e. The van der Waals surface area contributed by atoms with Crippen molar-refractivity contribution in [3.63, 3.8) is 0 Å². The summed E-state index contributed by atoms with van der Waals surface area (Å²) in [5.74, 6) is -5.37. The number of nitrogens with two attached hydrogens (primary N) is 1. The number of aliphatic hydroxyl groups is 3. The van der Waals surface area contributed by atoms with E-state index in [0.29, 0.717) is 35.3 Å². The van der Waals surface area contributed by atoms with E-state index in [-0.39, 0.29) is 35.6 Å². The summed E-state index contributed by atoms with van der Waals surface area (Å²) in [5, 5.41) is 46.3. The zero-order valence-corrected chi connectivity index (χ0v) is 27.1. The van der Waals surface area contributed by atoms with Crippen LogP contribution in [0.5, 0.6) is 5.75 Å². The minimum Gasteiger partial charge on any atom is -0.510 e. The normalized spacial score (nSPS) is 29.5. The topological polar surface area (TPSA) is 185 Å². The summed E-state index contributed by atoms with van der Waals surface area (Å²) in [4.78, 5) is 59.5. The van der Waals surface area contributed by atoms with Gasteiger partial charge in [0, 0.05) is 48.1 Å². The number of phenols is 1. The molecule has 6 rings (SSSR count). The summed E-state index contributed by atoms with van der Waals surface area (Å²) in [6, 6.07) is 8.99. The lowest BCUT2D eigenvalue weighted by Gasteiger charge is -2.59. The Bertz CT molecular complexity index is 1820. The maximum atomic E-state index is 14.4. The number of nitrogens with zero attached hydrogens (tertiary/aromatic N) is 3. The zero-order valence-electron chi connectivity index (χ0n) is 27.1. The molecule has 0 saturated carbocycles. The second-order valence-electron chi connectivity index (χ2n) is 14.1. The van der Waals surface area contributed by atoms with Gasteiger partial charge in [-0.25, -0.2) is 0 Å². The van der Waals surface area contributed by atoms with Crippen molar-refractivity contribution in [1.82, 2.24) is 14.7 Å². The van der Waals surface area contributed by atoms with Gasteiger partial charge in [0.05, 0.1) is 11.6 Å². The maximum absolute atomic E-state index is 14.4. The highest BCUT2D eigenvalue weighted by Gasteiger charge is 2.71. The summed E-state index contributed by atoms with van der Waals surface area (Å²) in [7, 11) is 5.19. The number of carbonyl (C=O) groups excluding carboxylic acids is 4. The Morgan fingerprint density at radius 2 is 1.66 bits per heavy atom. The Morgan fingerprint density at radius 3 is 2.28 bits per heavy atom. The lowest BCUT2D eigenvalue weighted by atomic mass is 9.47. The van der Waals surface area contributed by atoms with Gasteiger partial charge in [-0.2, -0.15) is 0 Å². The van der Waals surface area contributed by atoms with Crippen LogP contribution in [0.4, 0.5) is 0 Å². The van der Waals surface area contributed by atoms with Crippen molar-refractivity contribution in [2.75, 3.05) is 47.3 Å². The van der Waals surface area contributed by atoms with Crippen LogP contribution in [0.3, 0.4) is 0 Å². The summed E-state index contributed by atoms with van der Waals surface area (Å²) in [6.07, 6.45) is 0.0176. The molecule has 0 unspecified atom stereocenters. The molecule has 1 fully saturated rings. The van der Waals surface area contributed by atoms with E-state index in [1.54, 1.807) is 50.2 Å². The fourth-order valence-electron chi connectivity index (χ4n) is 8.62. The first-order valence-corrected chi connectivity index (χ1v) is 15.6. The fraction of sp³-hybridized carbons (Fsp3) is 0.429. The second-order valence-corrected chi connectivity index (χ2v) is 14.1. The number of rotatable bonds is 4. The molecule has 3 aliphatic carbocycles. The van der Waals surface area contributed by atoms with Crippen molar-refractivity contribution in [2.24, 2.45) is 16.6 Å². The third kappa shape index (κ3) is 4.45. The van der Waals surface area contributed by atoms with E-state index in [1.807, 2.05) is 13.1 Å². The Hall–Kier alpha value is -4.52. The van der Waals surface area contributed by atoms with Crippen LogP contribution in [0.15, 0.2) is 59.1 Å². The molecule has 4 aliphatic rings. The number of carbonyl (C=O) groups is 4. The van der Waals surface area contributed by atoms with Crippen molar-refractivity contribution < 1.29 is 39.6 Å². The molecule has 1 aliphatic heterocycles. The van der Waals surface area contributed by atoms with Gasteiger partial charge in [0.15, 0.2) is 11.4 Å². The molecule has 12 heteroatoms. The van der Waals surface area contributed by atoms with Gasteiger partial charge in [0.25, 0.3) is 11.8 Å². The molecule has 0 radical (unpaired) electrons. The second kappa shape index (κ2) is 10.8. The molecule has 1 heterocycles. The molecule has 0 bridgehead atoms. The van der Waals surface area contributed by atoms with Crippen molar-refractivity contribution in [2.45, 2.75) is 38.3 Å². The number of hydrogen-bond donors (Lipinski definition) is 5. The number of fused-ring (bicyclic) bond motifs is 3. The molecule has 12 nitrogen and oxygen atoms in total. The number of ketones is 2. The van der Waals surface area contributed by atoms with Gasteiger partial charge in [-0.1, -0.05) is 32.0 Å². The highest BCUT2D eigenvalue weighted by molar-refractivity contribution is 6.25. The van der Waals surface area contributed by atoms with Crippen molar-refractivity contribution >= 4 is 23.4 Å². The Kier molecular flexibility index (Phi) is 7.42. The van der Waals surface area contributed by atoms with Crippen LogP contribution in [-0.4, -0.2) is 117 Å². The van der Waals surface area contributed by atoms with Gasteiger partial charge < -0.3 is 36.0 Å². The van der Waals surface area contributed by atoms with Gasteiger partial charge in [0.1, 0.15) is 22.8 Å². The summed E-state index contributed by atoms with van der Waals surface area (Å²) < 4.78 is 0. The molecular weight excluding hydrogens is 604 g/mol. The first-order valence-electron chi connectivity index (χ1n) is 15.6. The molecule has 1 saturated heterocycles. The highest BCUT2D eigenvalue weighted by Crippen LogP contribution is 2.63. The molecule has 6 N–H and O–H groups in total. The number of primary amides is 1. The van der Waals surface area contributed by atoms with E-state index >= 15 is 0 Å². The summed E-state index contributed by atoms with van der Waals surface area (Å²) in [6.45, 7) is 6.00. The van der Waals surface area contributed by atoms with E-state index in [4.69, 9.17) is 5.73 Å². The van der Waals surface area contributed by atoms with Crippen LogP contribution in [0.1, 0.15) is 46.5 Å². The molecule has 2 amide bonds. The quantitative estimate of drug-likeness (QED) is 0.308. The predicted octanol–water partition coefficient (Wildman–Crippen LogP) is 1.96. The largest absolute Gasteiger partial charge is 0.510 e. The van der Waals surface area contributed by atoms with Crippen LogP contribution in [-0.2, 0) is 16.0 Å². The van der Waals surface area contributed by atoms with Gasteiger partial charge >= 0.3 is 0 Å². The van der Waals surface area contributed by atoms with E-state index in [2.05, 4.69) is 4.90 Å². The van der Waals surface area contributed by atoms with Crippen LogP contribution >= 0.6 is 0 Å². The Balaban J connectivity index is 1.51. The number of likely N-dealkylation sites (N-methyl/N-ethyl adjacent to an activating group) is 2. The number of benzene rings is 2. The van der Waals surface area contributed by atoms with Crippen molar-refractivity contribution in [3.05, 3.63) is 75.8 Å². The number of phenolic OH excluding ortho intramolecular Hbond substituents is 1. The van der Waals surface area contributed by atoms with Crippen LogP contribution in [0.2, 0.25) is 0 Å². The molecule has 47 heavy (non-hydrogen) atoms. The third-order valence-electron chi connectivity index (χ3n) is 10.7. The first kappa shape index (κ1) is 32.4. The lowest BCUT2D eigenvalue weighted by Crippen LogP contribution is -2.70. The van der Waals surface area contributed by atoms with Crippen LogP contribution in [0.25, 0.3) is 11.1 Å². The minimum atomic E-state index is -2.79. The molecule has 0 aromatic heterocycles. The van der Waals surface area contributed by atoms with E-state index in [0.717, 1.165) is 13.1 Å². The monoisotopic (exact) mass is 644 g/mol. The number of aliphatic hydroxyl groups excluding tert-OH is 2. The number of Topliss-reactive ketones (excluding diaryl/α,β-unsaturated/α-hetero) is 2. The van der Waals surface area contributed by atoms with E-state index < -0.39 is 57.0 Å². The Labute approximate surface area is 272 Å². The van der Waals surface area contributed by atoms with E-state index in [9.17, 15) is 39.6 Å². The SMILES string of the molecule is CN1CCN(C(=O)c2cccc(-c3ccc(O)c4c3C[C@@]3(C)C[C@@]5(C)[C@H](N(C)C)C(O)=C(C(N)=O)C(=O)[C@@]5(O)C(O)=C3C4=O)c2)CC1. The molecule has 248 valence electrons. The number of hydrogen-bond acceptors (Lipinski definition) is 10. The number of aromatic hydroxyl groups is 1. The summed E-state index contributed by atoms with van der Waals surface area (Å²) in [5.41, 5.74) is 0.862. The van der Waals surface area contributed by atoms with E-state index in [1.165, 1.54) is 17.9 Å². The van der Waals surface area contributed by atoms with Gasteiger partial charge in [0.2, 0.25) is 5.78 Å². The molecule has 4 atom stereocenters. The smallest absolute Gasteiger partial charge is 0.255 e. The Morgan fingerprint density at radius 1 is 1.00 bits per heavy atom. The lowest BCUT2D eigenvalue weighted by molar-refractivity contribution is -0.169. The average molecular weight is 645 g/mol. The summed E-state index contributed by atoms with van der Waals surface area (Å²) >= 11 is 0. The molecular formula is C35H40N4O8. The first-order chi connectivity index (χ1) is 22.0. The van der Waals surface area contributed by atoms with Gasteiger partial charge in [-0.05, 0) is 68.9 Å². The predicted molar refractivity (Wildman–Crippen MR) is 172 cm³/mol. The number of piperazine rings is 1. The van der Waals surface area contributed by atoms with Crippen molar-refractivity contribution in [3.8, 4) is 16.9 Å². The zero-order chi connectivity index (χ0) is 34.4. The standard InChI is InChI=1S/C35H40N4O8/c1-33-16-21-20(18-7-6-8-19(15-18)32(46)39-13-11-38(5)12-14-39)9-10-22(40)23(21)26(41)25(33)30(44)35(47)29(43)24(31(36)45)27(42)28(37(3)4)34(35,2)17-33/h6-10,15,28,40,42,44,47H,11-14,16-17H2,1-5H3,(H2,36,45)/t28-,33+,34+,35-/m1/s1. The molecule has 0 spiro atoms. The average Bonchev–Trinajstić information content (AvgIpc) is 2.98. The molecule has 2 aromatic rings. The molecule has 2 aromatic carbocycles. The number of amides is 2.